The molecule has 6 heteroatoms. The summed E-state index contributed by atoms with van der Waals surface area (Å²) in [4.78, 5) is 0. The van der Waals surface area contributed by atoms with Gasteiger partial charge in [0.2, 0.25) is 0 Å². The van der Waals surface area contributed by atoms with Crippen molar-refractivity contribution in [3.63, 3.8) is 0 Å². The summed E-state index contributed by atoms with van der Waals surface area (Å²) in [5, 5.41) is 0.572. The third-order valence-corrected chi connectivity index (χ3v) is 4.02. The molecule has 1 nitrogen and oxygen atoms in total. The highest BCUT2D eigenvalue weighted by Gasteiger charge is 2.31. The normalized spacial score (nSPS) is 13.2. The van der Waals surface area contributed by atoms with Gasteiger partial charge < -0.3 is 5.73 Å². The molecule has 0 aromatic heterocycles. The first-order chi connectivity index (χ1) is 9.77. The van der Waals surface area contributed by atoms with Crippen molar-refractivity contribution in [1.82, 2.24) is 0 Å². The largest absolute Gasteiger partial charge is 0.416 e. The average molecular weight is 379 g/mol. The zero-order valence-electron chi connectivity index (χ0n) is 10.8. The van der Waals surface area contributed by atoms with Gasteiger partial charge in [0.25, 0.3) is 0 Å². The van der Waals surface area contributed by atoms with E-state index in [2.05, 4.69) is 15.9 Å². The molecule has 0 saturated heterocycles. The molecule has 1 unspecified atom stereocenters. The van der Waals surface area contributed by atoms with Crippen molar-refractivity contribution >= 4 is 27.5 Å². The molecule has 2 N–H and O–H groups in total. The number of rotatable bonds is 3. The van der Waals surface area contributed by atoms with Crippen LogP contribution in [-0.2, 0) is 12.6 Å². The minimum atomic E-state index is -4.38. The molecule has 0 aliphatic heterocycles. The summed E-state index contributed by atoms with van der Waals surface area (Å²) in [6.45, 7) is 0. The Balaban J connectivity index is 2.28. The van der Waals surface area contributed by atoms with E-state index in [4.69, 9.17) is 17.3 Å². The van der Waals surface area contributed by atoms with Crippen LogP contribution in [0.1, 0.15) is 22.7 Å². The molecule has 0 aliphatic rings. The molecule has 0 amide bonds. The predicted octanol–water partition coefficient (Wildman–Crippen LogP) is 5.36. The van der Waals surface area contributed by atoms with E-state index >= 15 is 0 Å². The van der Waals surface area contributed by atoms with Gasteiger partial charge in [-0.1, -0.05) is 39.7 Å². The van der Waals surface area contributed by atoms with E-state index in [-0.39, 0.29) is 0 Å². The highest BCUT2D eigenvalue weighted by atomic mass is 79.9. The second kappa shape index (κ2) is 6.38. The number of hydrogen-bond acceptors (Lipinski definition) is 1. The van der Waals surface area contributed by atoms with Crippen LogP contribution in [0.5, 0.6) is 0 Å². The first-order valence-electron chi connectivity index (χ1n) is 6.14. The molecular weight excluding hydrogens is 367 g/mol. The SMILES string of the molecule is NC(Cc1cccc(Cl)c1)c1cc(C(F)(F)F)ccc1Br. The highest BCUT2D eigenvalue weighted by Crippen LogP contribution is 2.34. The maximum Gasteiger partial charge on any atom is 0.416 e. The fraction of sp³-hybridized carbons (Fsp3) is 0.200. The Bertz CT molecular complexity index is 643. The number of benzene rings is 2. The van der Waals surface area contributed by atoms with Crippen molar-refractivity contribution in [2.45, 2.75) is 18.6 Å². The lowest BCUT2D eigenvalue weighted by molar-refractivity contribution is -0.137. The van der Waals surface area contributed by atoms with Crippen LogP contribution in [0.4, 0.5) is 13.2 Å². The summed E-state index contributed by atoms with van der Waals surface area (Å²) in [5.74, 6) is 0. The third-order valence-electron chi connectivity index (χ3n) is 3.07. The van der Waals surface area contributed by atoms with Gasteiger partial charge in [-0.25, -0.2) is 0 Å². The van der Waals surface area contributed by atoms with Gasteiger partial charge in [-0.05, 0) is 47.9 Å². The smallest absolute Gasteiger partial charge is 0.324 e. The molecule has 0 radical (unpaired) electrons. The van der Waals surface area contributed by atoms with Crippen molar-refractivity contribution in [3.8, 4) is 0 Å². The van der Waals surface area contributed by atoms with Crippen molar-refractivity contribution in [2.24, 2.45) is 5.73 Å². The van der Waals surface area contributed by atoms with E-state index in [9.17, 15) is 13.2 Å². The monoisotopic (exact) mass is 377 g/mol. The van der Waals surface area contributed by atoms with Crippen LogP contribution in [0.15, 0.2) is 46.9 Å². The van der Waals surface area contributed by atoms with Crippen LogP contribution in [0.25, 0.3) is 0 Å². The maximum absolute atomic E-state index is 12.8. The second-order valence-corrected chi connectivity index (χ2v) is 5.97. The fourth-order valence-electron chi connectivity index (χ4n) is 2.03. The Morgan fingerprint density at radius 2 is 1.86 bits per heavy atom. The summed E-state index contributed by atoms with van der Waals surface area (Å²) in [7, 11) is 0. The first-order valence-corrected chi connectivity index (χ1v) is 7.31. The zero-order valence-corrected chi connectivity index (χ0v) is 13.1. The van der Waals surface area contributed by atoms with Gasteiger partial charge in [0.1, 0.15) is 0 Å². The van der Waals surface area contributed by atoms with Gasteiger partial charge in [0.15, 0.2) is 0 Å². The van der Waals surface area contributed by atoms with E-state index in [1.165, 1.54) is 6.07 Å². The molecular formula is C15H12BrClF3N. The lowest BCUT2D eigenvalue weighted by Crippen LogP contribution is -2.15. The summed E-state index contributed by atoms with van der Waals surface area (Å²) in [5.41, 5.74) is 6.64. The van der Waals surface area contributed by atoms with E-state index in [1.54, 1.807) is 18.2 Å². The summed E-state index contributed by atoms with van der Waals surface area (Å²) >= 11 is 9.14. The zero-order chi connectivity index (χ0) is 15.6. The Morgan fingerprint density at radius 1 is 1.14 bits per heavy atom. The molecule has 0 bridgehead atoms. The highest BCUT2D eigenvalue weighted by molar-refractivity contribution is 9.10. The van der Waals surface area contributed by atoms with E-state index in [0.29, 0.717) is 21.5 Å². The molecule has 0 fully saturated rings. The Kier molecular flexibility index (Phi) is 4.96. The minimum Gasteiger partial charge on any atom is -0.324 e. The standard InChI is InChI=1S/C15H12BrClF3N/c16-13-5-4-10(15(18,19)20)8-12(13)14(21)7-9-2-1-3-11(17)6-9/h1-6,8,14H,7,21H2. The van der Waals surface area contributed by atoms with Crippen molar-refractivity contribution < 1.29 is 13.2 Å². The number of nitrogens with two attached hydrogens (primary N) is 1. The predicted molar refractivity (Wildman–Crippen MR) is 81.2 cm³/mol. The molecule has 1 atom stereocenters. The van der Waals surface area contributed by atoms with Crippen LogP contribution in [0.3, 0.4) is 0 Å². The van der Waals surface area contributed by atoms with E-state index in [0.717, 1.165) is 17.7 Å². The lowest BCUT2D eigenvalue weighted by atomic mass is 9.98. The van der Waals surface area contributed by atoms with Gasteiger partial charge in [0, 0.05) is 15.5 Å². The minimum absolute atomic E-state index is 0.403. The molecule has 0 aliphatic carbocycles. The lowest BCUT2D eigenvalue weighted by Gasteiger charge is -2.16. The van der Waals surface area contributed by atoms with Gasteiger partial charge in [-0.2, -0.15) is 13.2 Å². The van der Waals surface area contributed by atoms with E-state index < -0.39 is 17.8 Å². The van der Waals surface area contributed by atoms with Crippen molar-refractivity contribution in [3.05, 3.63) is 68.7 Å². The second-order valence-electron chi connectivity index (χ2n) is 4.67. The quantitative estimate of drug-likeness (QED) is 0.764. The molecule has 0 spiro atoms. The molecule has 2 aromatic carbocycles. The van der Waals surface area contributed by atoms with Crippen LogP contribution in [0, 0.1) is 0 Å². The summed E-state index contributed by atoms with van der Waals surface area (Å²) in [6, 6.07) is 10.0. The van der Waals surface area contributed by atoms with Gasteiger partial charge in [0.05, 0.1) is 5.56 Å². The molecule has 0 saturated carbocycles. The number of halogens is 5. The van der Waals surface area contributed by atoms with Crippen molar-refractivity contribution in [2.75, 3.05) is 0 Å². The molecule has 0 heterocycles. The Morgan fingerprint density at radius 3 is 2.48 bits per heavy atom. The van der Waals surface area contributed by atoms with Crippen LogP contribution in [0.2, 0.25) is 5.02 Å². The molecule has 21 heavy (non-hydrogen) atoms. The third kappa shape index (κ3) is 4.22. The number of hydrogen-bond donors (Lipinski definition) is 1. The van der Waals surface area contributed by atoms with E-state index in [1.807, 2.05) is 6.07 Å². The van der Waals surface area contributed by atoms with Gasteiger partial charge in [-0.15, -0.1) is 0 Å². The fourth-order valence-corrected chi connectivity index (χ4v) is 2.79. The van der Waals surface area contributed by atoms with Gasteiger partial charge in [-0.3, -0.25) is 0 Å². The van der Waals surface area contributed by atoms with Crippen LogP contribution >= 0.6 is 27.5 Å². The van der Waals surface area contributed by atoms with Crippen molar-refractivity contribution in [1.29, 1.82) is 0 Å². The van der Waals surface area contributed by atoms with Crippen LogP contribution in [-0.4, -0.2) is 0 Å². The molecule has 2 aromatic rings. The average Bonchev–Trinajstić information content (AvgIpc) is 2.37. The Hall–Kier alpha value is -1.04. The maximum atomic E-state index is 12.8. The summed E-state index contributed by atoms with van der Waals surface area (Å²) < 4.78 is 38.9. The Labute approximate surface area is 134 Å². The molecule has 2 rings (SSSR count). The topological polar surface area (TPSA) is 26.0 Å². The first kappa shape index (κ1) is 16.3. The number of alkyl halides is 3. The van der Waals surface area contributed by atoms with Gasteiger partial charge >= 0.3 is 6.18 Å². The molecule has 112 valence electrons. The summed E-state index contributed by atoms with van der Waals surface area (Å²) in [6.07, 6.45) is -3.98. The van der Waals surface area contributed by atoms with Crippen LogP contribution < -0.4 is 5.73 Å².